The molecule has 1 unspecified atom stereocenters. The van der Waals surface area contributed by atoms with Gasteiger partial charge in [0.2, 0.25) is 0 Å². The fourth-order valence-corrected chi connectivity index (χ4v) is 1.37. The highest BCUT2D eigenvalue weighted by Gasteiger charge is 1.98. The minimum Gasteiger partial charge on any atom is -0.382 e. The van der Waals surface area contributed by atoms with E-state index in [2.05, 4.69) is 0 Å². The maximum Gasteiger partial charge on any atom is 0.100 e. The zero-order valence-electron chi connectivity index (χ0n) is 4.93. The highest BCUT2D eigenvalue weighted by Crippen LogP contribution is 2.10. The number of alkyl halides is 1. The molecule has 1 atom stereocenters. The number of hydrogen-bond acceptors (Lipinski definition) is 2. The van der Waals surface area contributed by atoms with Crippen LogP contribution in [0.25, 0.3) is 0 Å². The van der Waals surface area contributed by atoms with Gasteiger partial charge in [-0.25, -0.2) is 0 Å². The molecule has 0 aliphatic heterocycles. The van der Waals surface area contributed by atoms with Crippen LogP contribution in [0.5, 0.6) is 0 Å². The molecule has 0 heterocycles. The van der Waals surface area contributed by atoms with E-state index in [9.17, 15) is 0 Å². The molecule has 0 saturated heterocycles. The topological polar surface area (TPSA) is 20.2 Å². The van der Waals surface area contributed by atoms with Gasteiger partial charge < -0.3 is 5.11 Å². The third-order valence-corrected chi connectivity index (χ3v) is 1.89. The maximum atomic E-state index is 8.93. The molecule has 0 saturated carbocycles. The van der Waals surface area contributed by atoms with E-state index in [4.69, 9.17) is 16.7 Å². The number of rotatable bonds is 4. The van der Waals surface area contributed by atoms with Crippen LogP contribution in [0.3, 0.4) is 0 Å². The van der Waals surface area contributed by atoms with Gasteiger partial charge in [-0.2, -0.15) is 0 Å². The molecule has 0 aliphatic rings. The Kier molecular flexibility index (Phi) is 6.16. The van der Waals surface area contributed by atoms with Crippen molar-refractivity contribution in [1.82, 2.24) is 0 Å². The van der Waals surface area contributed by atoms with E-state index < -0.39 is 0 Å². The van der Waals surface area contributed by atoms with E-state index in [0.29, 0.717) is 12.3 Å². The van der Waals surface area contributed by atoms with Crippen molar-refractivity contribution in [1.29, 1.82) is 0 Å². The van der Waals surface area contributed by atoms with Crippen LogP contribution >= 0.6 is 23.4 Å². The van der Waals surface area contributed by atoms with Gasteiger partial charge in [-0.05, 0) is 12.2 Å². The van der Waals surface area contributed by atoms with Gasteiger partial charge in [-0.3, -0.25) is 0 Å². The van der Waals surface area contributed by atoms with Crippen LogP contribution < -0.4 is 0 Å². The fourth-order valence-electron chi connectivity index (χ4n) is 0.369. The standard InChI is InChI=1S/C5H11ClOS/c1-2-8-5(7)3-4-6/h5,7H,2-4H2,1H3. The number of halogens is 1. The second kappa shape index (κ2) is 5.73. The van der Waals surface area contributed by atoms with Gasteiger partial charge in [0.25, 0.3) is 0 Å². The van der Waals surface area contributed by atoms with Gasteiger partial charge in [0.1, 0.15) is 5.44 Å². The van der Waals surface area contributed by atoms with Crippen molar-refractivity contribution in [2.75, 3.05) is 11.6 Å². The lowest BCUT2D eigenvalue weighted by Crippen LogP contribution is -2.00. The summed E-state index contributed by atoms with van der Waals surface area (Å²) < 4.78 is 0. The van der Waals surface area contributed by atoms with Crippen molar-refractivity contribution in [3.05, 3.63) is 0 Å². The molecule has 0 radical (unpaired) electrons. The molecule has 0 rings (SSSR count). The summed E-state index contributed by atoms with van der Waals surface area (Å²) in [5.74, 6) is 1.51. The lowest BCUT2D eigenvalue weighted by molar-refractivity contribution is 0.260. The second-order valence-corrected chi connectivity index (χ2v) is 3.22. The second-order valence-electron chi connectivity index (χ2n) is 1.39. The molecule has 0 fully saturated rings. The smallest absolute Gasteiger partial charge is 0.100 e. The van der Waals surface area contributed by atoms with Crippen molar-refractivity contribution in [3.8, 4) is 0 Å². The Balaban J connectivity index is 2.92. The summed E-state index contributed by atoms with van der Waals surface area (Å²) in [4.78, 5) is 0. The first-order valence-corrected chi connectivity index (χ1v) is 4.25. The van der Waals surface area contributed by atoms with E-state index in [-0.39, 0.29) is 5.44 Å². The minimum atomic E-state index is -0.252. The molecule has 0 aromatic carbocycles. The molecule has 1 N–H and O–H groups in total. The molecule has 1 nitrogen and oxygen atoms in total. The van der Waals surface area contributed by atoms with E-state index in [1.807, 2.05) is 6.92 Å². The number of aliphatic hydroxyl groups is 1. The number of thioether (sulfide) groups is 1. The van der Waals surface area contributed by atoms with Crippen LogP contribution in [0, 0.1) is 0 Å². The van der Waals surface area contributed by atoms with Gasteiger partial charge in [-0.1, -0.05) is 6.92 Å². The Hall–Kier alpha value is 0.600. The molecule has 0 aromatic heterocycles. The summed E-state index contributed by atoms with van der Waals surface area (Å²) in [6.45, 7) is 2.02. The quantitative estimate of drug-likeness (QED) is 0.491. The van der Waals surface area contributed by atoms with Gasteiger partial charge in [0.05, 0.1) is 0 Å². The van der Waals surface area contributed by atoms with Gasteiger partial charge in [0, 0.05) is 5.88 Å². The number of hydrogen-bond donors (Lipinski definition) is 1. The molecule has 0 spiro atoms. The van der Waals surface area contributed by atoms with Crippen molar-refractivity contribution >= 4 is 23.4 Å². The van der Waals surface area contributed by atoms with Crippen LogP contribution in [0.4, 0.5) is 0 Å². The third-order valence-electron chi connectivity index (χ3n) is 0.715. The Morgan fingerprint density at radius 3 is 2.75 bits per heavy atom. The van der Waals surface area contributed by atoms with E-state index in [1.165, 1.54) is 11.8 Å². The van der Waals surface area contributed by atoms with E-state index in [0.717, 1.165) is 5.75 Å². The molecule has 0 amide bonds. The van der Waals surface area contributed by atoms with Crippen molar-refractivity contribution < 1.29 is 5.11 Å². The minimum absolute atomic E-state index is 0.252. The van der Waals surface area contributed by atoms with Crippen molar-refractivity contribution in [3.63, 3.8) is 0 Å². The largest absolute Gasteiger partial charge is 0.382 e. The highest BCUT2D eigenvalue weighted by molar-refractivity contribution is 7.99. The average Bonchev–Trinajstić information content (AvgIpc) is 1.68. The lowest BCUT2D eigenvalue weighted by Gasteiger charge is -2.03. The summed E-state index contributed by atoms with van der Waals surface area (Å²) in [7, 11) is 0. The Labute approximate surface area is 59.4 Å². The normalized spacial score (nSPS) is 13.9. The van der Waals surface area contributed by atoms with Gasteiger partial charge >= 0.3 is 0 Å². The summed E-state index contributed by atoms with van der Waals surface area (Å²) in [5, 5.41) is 8.93. The molecular weight excluding hydrogens is 144 g/mol. The first-order chi connectivity index (χ1) is 3.81. The highest BCUT2D eigenvalue weighted by atomic mass is 35.5. The lowest BCUT2D eigenvalue weighted by atomic mass is 10.5. The van der Waals surface area contributed by atoms with Crippen LogP contribution in [-0.2, 0) is 0 Å². The first-order valence-electron chi connectivity index (χ1n) is 2.67. The summed E-state index contributed by atoms with van der Waals surface area (Å²) in [6.07, 6.45) is 0.695. The molecular formula is C5H11ClOS. The SMILES string of the molecule is CCSC(O)CCCl. The van der Waals surface area contributed by atoms with Crippen molar-refractivity contribution in [2.24, 2.45) is 0 Å². The molecule has 3 heteroatoms. The number of aliphatic hydroxyl groups excluding tert-OH is 1. The predicted molar refractivity (Wildman–Crippen MR) is 39.5 cm³/mol. The fraction of sp³-hybridized carbons (Fsp3) is 1.00. The average molecular weight is 155 g/mol. The van der Waals surface area contributed by atoms with Crippen molar-refractivity contribution in [2.45, 2.75) is 18.8 Å². The zero-order chi connectivity index (χ0) is 6.41. The summed E-state index contributed by atoms with van der Waals surface area (Å²) in [5.41, 5.74) is -0.252. The first kappa shape index (κ1) is 8.60. The van der Waals surface area contributed by atoms with Gasteiger partial charge in [0.15, 0.2) is 0 Å². The van der Waals surface area contributed by atoms with Crippen LogP contribution in [0.2, 0.25) is 0 Å². The van der Waals surface area contributed by atoms with E-state index in [1.54, 1.807) is 0 Å². The van der Waals surface area contributed by atoms with Crippen LogP contribution in [-0.4, -0.2) is 22.2 Å². The molecule has 0 aliphatic carbocycles. The Morgan fingerprint density at radius 2 is 2.38 bits per heavy atom. The van der Waals surface area contributed by atoms with Crippen LogP contribution in [0.15, 0.2) is 0 Å². The molecule has 50 valence electrons. The van der Waals surface area contributed by atoms with Crippen LogP contribution in [0.1, 0.15) is 13.3 Å². The van der Waals surface area contributed by atoms with Gasteiger partial charge in [-0.15, -0.1) is 23.4 Å². The molecule has 8 heavy (non-hydrogen) atoms. The third kappa shape index (κ3) is 4.75. The summed E-state index contributed by atoms with van der Waals surface area (Å²) in [6, 6.07) is 0. The van der Waals surface area contributed by atoms with E-state index >= 15 is 0 Å². The Bertz CT molecular complexity index is 45.7. The summed E-state index contributed by atoms with van der Waals surface area (Å²) >= 11 is 6.89. The molecule has 0 aromatic rings. The molecule has 0 bridgehead atoms. The predicted octanol–water partition coefficient (Wildman–Crippen LogP) is 1.69. The zero-order valence-corrected chi connectivity index (χ0v) is 6.50. The maximum absolute atomic E-state index is 8.93. The monoisotopic (exact) mass is 154 g/mol. The Morgan fingerprint density at radius 1 is 1.75 bits per heavy atom.